The number of rotatable bonds is 4. The van der Waals surface area contributed by atoms with Gasteiger partial charge in [-0.3, -0.25) is 9.59 Å². The third-order valence-corrected chi connectivity index (χ3v) is 1.66. The first-order valence-electron chi connectivity index (χ1n) is 3.90. The van der Waals surface area contributed by atoms with Crippen LogP contribution in [0, 0.1) is 0 Å². The lowest BCUT2D eigenvalue weighted by atomic mass is 10.1. The van der Waals surface area contributed by atoms with Gasteiger partial charge in [-0.15, -0.1) is 0 Å². The fraction of sp³-hybridized carbons (Fsp3) is 0.200. The lowest BCUT2D eigenvalue weighted by Gasteiger charge is -2.11. The maximum absolute atomic E-state index is 11.1. The van der Waals surface area contributed by atoms with Gasteiger partial charge in [-0.25, -0.2) is 0 Å². The third-order valence-electron chi connectivity index (χ3n) is 1.66. The number of carbonyl (C=O) groups excluding carboxylic acids is 2. The molecule has 0 saturated heterocycles. The quantitative estimate of drug-likeness (QED) is 0.656. The molecule has 0 aromatic heterocycles. The van der Waals surface area contributed by atoms with Crippen LogP contribution in [-0.4, -0.2) is 12.3 Å². The molecule has 3 nitrogen and oxygen atoms in total. The SMILES string of the molecule is CC(=O)C(OC=O)c1ccccc1. The number of ether oxygens (including phenoxy) is 1. The summed E-state index contributed by atoms with van der Waals surface area (Å²) in [6.45, 7) is 1.68. The molecule has 1 unspecified atom stereocenters. The van der Waals surface area contributed by atoms with Gasteiger partial charge < -0.3 is 4.74 Å². The van der Waals surface area contributed by atoms with Crippen LogP contribution in [0.15, 0.2) is 30.3 Å². The van der Waals surface area contributed by atoms with E-state index in [1.54, 1.807) is 24.3 Å². The minimum atomic E-state index is -0.765. The molecule has 0 bridgehead atoms. The zero-order chi connectivity index (χ0) is 9.68. The van der Waals surface area contributed by atoms with Crippen LogP contribution >= 0.6 is 0 Å². The van der Waals surface area contributed by atoms with E-state index in [9.17, 15) is 9.59 Å². The molecule has 0 N–H and O–H groups in total. The number of Topliss-reactive ketones (excluding diaryl/α,β-unsaturated/α-hetero) is 1. The van der Waals surface area contributed by atoms with E-state index in [0.717, 1.165) is 0 Å². The molecule has 1 atom stereocenters. The molecule has 0 saturated carbocycles. The van der Waals surface area contributed by atoms with E-state index in [1.807, 2.05) is 6.07 Å². The highest BCUT2D eigenvalue weighted by Crippen LogP contribution is 2.16. The summed E-state index contributed by atoms with van der Waals surface area (Å²) in [7, 11) is 0. The van der Waals surface area contributed by atoms with Gasteiger partial charge >= 0.3 is 0 Å². The molecule has 0 spiro atoms. The first-order valence-corrected chi connectivity index (χ1v) is 3.90. The Labute approximate surface area is 76.3 Å². The van der Waals surface area contributed by atoms with Crippen LogP contribution in [-0.2, 0) is 14.3 Å². The van der Waals surface area contributed by atoms with Crippen LogP contribution in [0.3, 0.4) is 0 Å². The van der Waals surface area contributed by atoms with Crippen molar-refractivity contribution in [3.05, 3.63) is 35.9 Å². The Morgan fingerprint density at radius 2 is 2.00 bits per heavy atom. The maximum Gasteiger partial charge on any atom is 0.294 e. The van der Waals surface area contributed by atoms with E-state index in [0.29, 0.717) is 12.0 Å². The van der Waals surface area contributed by atoms with Gasteiger partial charge in [-0.2, -0.15) is 0 Å². The van der Waals surface area contributed by atoms with Gasteiger partial charge in [0, 0.05) is 0 Å². The summed E-state index contributed by atoms with van der Waals surface area (Å²) in [5, 5.41) is 0. The van der Waals surface area contributed by atoms with Crippen molar-refractivity contribution in [2.24, 2.45) is 0 Å². The second-order valence-electron chi connectivity index (χ2n) is 2.63. The van der Waals surface area contributed by atoms with Gasteiger partial charge in [0.15, 0.2) is 11.9 Å². The van der Waals surface area contributed by atoms with Gasteiger partial charge in [0.2, 0.25) is 0 Å². The van der Waals surface area contributed by atoms with Crippen molar-refractivity contribution >= 4 is 12.3 Å². The molecule has 68 valence electrons. The summed E-state index contributed by atoms with van der Waals surface area (Å²) in [5.74, 6) is -0.182. The fourth-order valence-electron chi connectivity index (χ4n) is 1.09. The highest BCUT2D eigenvalue weighted by atomic mass is 16.5. The van der Waals surface area contributed by atoms with E-state index in [4.69, 9.17) is 0 Å². The highest BCUT2D eigenvalue weighted by Gasteiger charge is 2.16. The zero-order valence-electron chi connectivity index (χ0n) is 7.27. The van der Waals surface area contributed by atoms with Gasteiger partial charge in [0.05, 0.1) is 0 Å². The normalized spacial score (nSPS) is 11.8. The Morgan fingerprint density at radius 1 is 1.38 bits per heavy atom. The smallest absolute Gasteiger partial charge is 0.294 e. The average molecular weight is 178 g/mol. The Kier molecular flexibility index (Phi) is 3.20. The monoisotopic (exact) mass is 178 g/mol. The highest BCUT2D eigenvalue weighted by molar-refractivity contribution is 5.82. The minimum absolute atomic E-state index is 0.182. The van der Waals surface area contributed by atoms with E-state index < -0.39 is 6.10 Å². The molecule has 3 heteroatoms. The van der Waals surface area contributed by atoms with Crippen LogP contribution in [0.5, 0.6) is 0 Å². The van der Waals surface area contributed by atoms with E-state index in [1.165, 1.54) is 6.92 Å². The van der Waals surface area contributed by atoms with Crippen LogP contribution in [0.2, 0.25) is 0 Å². The van der Waals surface area contributed by atoms with Crippen molar-refractivity contribution in [1.82, 2.24) is 0 Å². The number of hydrogen-bond donors (Lipinski definition) is 0. The molecule has 0 radical (unpaired) electrons. The van der Waals surface area contributed by atoms with Gasteiger partial charge in [0.1, 0.15) is 0 Å². The summed E-state index contributed by atoms with van der Waals surface area (Å²) >= 11 is 0. The maximum atomic E-state index is 11.1. The van der Waals surface area contributed by atoms with Crippen molar-refractivity contribution in [1.29, 1.82) is 0 Å². The Hall–Kier alpha value is -1.64. The predicted molar refractivity (Wildman–Crippen MR) is 47.0 cm³/mol. The molecule has 0 amide bonds. The predicted octanol–water partition coefficient (Wildman–Crippen LogP) is 1.49. The van der Waals surface area contributed by atoms with Crippen LogP contribution in [0.1, 0.15) is 18.6 Å². The van der Waals surface area contributed by atoms with Crippen molar-refractivity contribution in [3.8, 4) is 0 Å². The van der Waals surface area contributed by atoms with Crippen LogP contribution < -0.4 is 0 Å². The number of carbonyl (C=O) groups is 2. The fourth-order valence-corrected chi connectivity index (χ4v) is 1.09. The van der Waals surface area contributed by atoms with Crippen molar-refractivity contribution in [3.63, 3.8) is 0 Å². The molecule has 0 aliphatic carbocycles. The molecule has 13 heavy (non-hydrogen) atoms. The molecular weight excluding hydrogens is 168 g/mol. The molecule has 0 heterocycles. The third kappa shape index (κ3) is 2.40. The minimum Gasteiger partial charge on any atom is -0.452 e. The second kappa shape index (κ2) is 4.40. The first kappa shape index (κ1) is 9.45. The van der Waals surface area contributed by atoms with Crippen molar-refractivity contribution in [2.75, 3.05) is 0 Å². The largest absolute Gasteiger partial charge is 0.452 e. The zero-order valence-corrected chi connectivity index (χ0v) is 7.27. The average Bonchev–Trinajstić information content (AvgIpc) is 2.15. The molecule has 1 aromatic carbocycles. The topological polar surface area (TPSA) is 43.4 Å². The second-order valence-corrected chi connectivity index (χ2v) is 2.63. The lowest BCUT2D eigenvalue weighted by Crippen LogP contribution is -2.11. The van der Waals surface area contributed by atoms with Gasteiger partial charge in [-0.05, 0) is 12.5 Å². The first-order chi connectivity index (χ1) is 6.25. The van der Waals surface area contributed by atoms with Crippen molar-refractivity contribution < 1.29 is 14.3 Å². The summed E-state index contributed by atoms with van der Waals surface area (Å²) in [4.78, 5) is 21.2. The standard InChI is InChI=1S/C10H10O3/c1-8(12)10(13-7-11)9-5-3-2-4-6-9/h2-7,10H,1H3. The summed E-state index contributed by atoms with van der Waals surface area (Å²) in [5.41, 5.74) is 0.696. The molecule has 0 aliphatic heterocycles. The Balaban J connectivity index is 2.88. The van der Waals surface area contributed by atoms with E-state index in [-0.39, 0.29) is 5.78 Å². The Morgan fingerprint density at radius 3 is 2.46 bits per heavy atom. The molecule has 1 rings (SSSR count). The number of benzene rings is 1. The summed E-state index contributed by atoms with van der Waals surface area (Å²) < 4.78 is 4.66. The van der Waals surface area contributed by atoms with Crippen LogP contribution in [0.25, 0.3) is 0 Å². The van der Waals surface area contributed by atoms with Gasteiger partial charge in [0.25, 0.3) is 6.47 Å². The number of hydrogen-bond acceptors (Lipinski definition) is 3. The Bertz CT molecular complexity index is 292. The van der Waals surface area contributed by atoms with E-state index >= 15 is 0 Å². The molecular formula is C10H10O3. The molecule has 0 aliphatic rings. The molecule has 0 fully saturated rings. The number of ketones is 1. The summed E-state index contributed by atoms with van der Waals surface area (Å²) in [6.07, 6.45) is -0.765. The van der Waals surface area contributed by atoms with E-state index in [2.05, 4.69) is 4.74 Å². The summed E-state index contributed by atoms with van der Waals surface area (Å²) in [6, 6.07) is 8.91. The van der Waals surface area contributed by atoms with Crippen molar-refractivity contribution in [2.45, 2.75) is 13.0 Å². The molecule has 1 aromatic rings. The van der Waals surface area contributed by atoms with Crippen LogP contribution in [0.4, 0.5) is 0 Å². The van der Waals surface area contributed by atoms with Gasteiger partial charge in [-0.1, -0.05) is 30.3 Å². The lowest BCUT2D eigenvalue weighted by molar-refractivity contribution is -0.143.